The summed E-state index contributed by atoms with van der Waals surface area (Å²) in [6, 6.07) is 4.85. The van der Waals surface area contributed by atoms with Gasteiger partial charge in [0.2, 0.25) is 5.91 Å². The number of hydrogen-bond donors (Lipinski definition) is 2. The number of benzene rings is 1. The standard InChI is InChI=1S/C15H20F2N2O3/c1-9-2-4-12(22-15(16)17)10(6-9)8-19-14(20)13-5-3-11(7-18)21-13/h2,4,6,11,13,15H,3,5,7-8,18H2,1H3,(H,19,20)/t11-,13+/m1/s1. The van der Waals surface area contributed by atoms with E-state index < -0.39 is 12.7 Å². The molecule has 1 aliphatic heterocycles. The number of aryl methyl sites for hydroxylation is 1. The molecule has 3 N–H and O–H groups in total. The number of nitrogens with two attached hydrogens (primary N) is 1. The Bertz CT molecular complexity index is 526. The Labute approximate surface area is 127 Å². The fraction of sp³-hybridized carbons (Fsp3) is 0.533. The van der Waals surface area contributed by atoms with Gasteiger partial charge in [0.25, 0.3) is 0 Å². The van der Waals surface area contributed by atoms with E-state index >= 15 is 0 Å². The Morgan fingerprint density at radius 2 is 2.27 bits per heavy atom. The number of amides is 1. The van der Waals surface area contributed by atoms with Gasteiger partial charge < -0.3 is 20.5 Å². The maximum absolute atomic E-state index is 12.4. The van der Waals surface area contributed by atoms with Crippen LogP contribution in [0.4, 0.5) is 8.78 Å². The summed E-state index contributed by atoms with van der Waals surface area (Å²) < 4.78 is 34.7. The minimum atomic E-state index is -2.90. The minimum Gasteiger partial charge on any atom is -0.434 e. The molecule has 1 aliphatic rings. The number of alkyl halides is 2. The third-order valence-electron chi connectivity index (χ3n) is 3.55. The van der Waals surface area contributed by atoms with Gasteiger partial charge in [-0.2, -0.15) is 8.78 Å². The second-order valence-corrected chi connectivity index (χ2v) is 5.27. The largest absolute Gasteiger partial charge is 0.434 e. The van der Waals surface area contributed by atoms with Crippen LogP contribution in [0.25, 0.3) is 0 Å². The molecular weight excluding hydrogens is 294 g/mol. The molecule has 1 fully saturated rings. The van der Waals surface area contributed by atoms with Crippen molar-refractivity contribution in [1.82, 2.24) is 5.32 Å². The van der Waals surface area contributed by atoms with Crippen LogP contribution in [0.5, 0.6) is 5.75 Å². The molecule has 0 aliphatic carbocycles. The maximum atomic E-state index is 12.4. The van der Waals surface area contributed by atoms with E-state index in [1.807, 2.05) is 6.92 Å². The summed E-state index contributed by atoms with van der Waals surface area (Å²) in [6.45, 7) is -0.576. The van der Waals surface area contributed by atoms with Crippen molar-refractivity contribution in [3.05, 3.63) is 29.3 Å². The quantitative estimate of drug-likeness (QED) is 0.838. The fourth-order valence-corrected chi connectivity index (χ4v) is 2.43. The zero-order valence-electron chi connectivity index (χ0n) is 12.4. The second-order valence-electron chi connectivity index (χ2n) is 5.27. The van der Waals surface area contributed by atoms with Gasteiger partial charge in [-0.15, -0.1) is 0 Å². The van der Waals surface area contributed by atoms with Gasteiger partial charge in [-0.25, -0.2) is 0 Å². The smallest absolute Gasteiger partial charge is 0.387 e. The van der Waals surface area contributed by atoms with Gasteiger partial charge in [-0.05, 0) is 25.8 Å². The highest BCUT2D eigenvalue weighted by Crippen LogP contribution is 2.23. The molecule has 2 rings (SSSR count). The highest BCUT2D eigenvalue weighted by atomic mass is 19.3. The SMILES string of the molecule is Cc1ccc(OC(F)F)c(CNC(=O)[C@@H]2CC[C@H](CN)O2)c1. The van der Waals surface area contributed by atoms with E-state index in [1.54, 1.807) is 12.1 Å². The Balaban J connectivity index is 1.96. The molecule has 5 nitrogen and oxygen atoms in total. The lowest BCUT2D eigenvalue weighted by molar-refractivity contribution is -0.132. The molecule has 0 aromatic heterocycles. The zero-order valence-corrected chi connectivity index (χ0v) is 12.4. The van der Waals surface area contributed by atoms with Crippen LogP contribution in [0.15, 0.2) is 18.2 Å². The Kier molecular flexibility index (Phi) is 5.68. The maximum Gasteiger partial charge on any atom is 0.387 e. The molecular formula is C15H20F2N2O3. The Morgan fingerprint density at radius 1 is 1.50 bits per heavy atom. The summed E-state index contributed by atoms with van der Waals surface area (Å²) in [4.78, 5) is 12.0. The number of carbonyl (C=O) groups is 1. The van der Waals surface area contributed by atoms with Gasteiger partial charge in [0, 0.05) is 18.7 Å². The topological polar surface area (TPSA) is 73.6 Å². The summed E-state index contributed by atoms with van der Waals surface area (Å²) in [5, 5.41) is 2.70. The van der Waals surface area contributed by atoms with Crippen LogP contribution in [-0.4, -0.2) is 31.3 Å². The van der Waals surface area contributed by atoms with Crippen molar-refractivity contribution in [1.29, 1.82) is 0 Å². The molecule has 1 heterocycles. The molecule has 0 radical (unpaired) electrons. The number of nitrogens with one attached hydrogen (secondary N) is 1. The minimum absolute atomic E-state index is 0.0630. The predicted molar refractivity (Wildman–Crippen MR) is 76.6 cm³/mol. The third kappa shape index (κ3) is 4.38. The summed E-state index contributed by atoms with van der Waals surface area (Å²) in [5.41, 5.74) is 6.90. The van der Waals surface area contributed by atoms with Crippen molar-refractivity contribution in [2.45, 2.75) is 45.1 Å². The first-order valence-electron chi connectivity index (χ1n) is 7.17. The molecule has 0 saturated carbocycles. The highest BCUT2D eigenvalue weighted by Gasteiger charge is 2.29. The molecule has 122 valence electrons. The summed E-state index contributed by atoms with van der Waals surface area (Å²) in [5.74, 6) is -0.200. The molecule has 2 atom stereocenters. The van der Waals surface area contributed by atoms with Crippen LogP contribution in [0.1, 0.15) is 24.0 Å². The molecule has 1 aromatic rings. The zero-order chi connectivity index (χ0) is 16.1. The first-order chi connectivity index (χ1) is 10.5. The number of rotatable bonds is 6. The van der Waals surface area contributed by atoms with Gasteiger partial charge >= 0.3 is 6.61 Å². The van der Waals surface area contributed by atoms with E-state index in [2.05, 4.69) is 10.1 Å². The molecule has 0 spiro atoms. The number of ether oxygens (including phenoxy) is 2. The molecule has 1 aromatic carbocycles. The molecule has 7 heteroatoms. The normalized spacial score (nSPS) is 21.1. The van der Waals surface area contributed by atoms with Gasteiger partial charge in [-0.3, -0.25) is 4.79 Å². The van der Waals surface area contributed by atoms with Crippen molar-refractivity contribution < 1.29 is 23.0 Å². The lowest BCUT2D eigenvalue weighted by Crippen LogP contribution is -2.35. The number of hydrogen-bond acceptors (Lipinski definition) is 4. The third-order valence-corrected chi connectivity index (χ3v) is 3.55. The summed E-state index contributed by atoms with van der Waals surface area (Å²) >= 11 is 0. The van der Waals surface area contributed by atoms with Gasteiger partial charge in [-0.1, -0.05) is 17.7 Å². The van der Waals surface area contributed by atoms with Gasteiger partial charge in [0.05, 0.1) is 6.10 Å². The molecule has 22 heavy (non-hydrogen) atoms. The van der Waals surface area contributed by atoms with E-state index in [0.717, 1.165) is 12.0 Å². The Hall–Kier alpha value is -1.73. The first-order valence-corrected chi connectivity index (χ1v) is 7.17. The van der Waals surface area contributed by atoms with Crippen LogP contribution >= 0.6 is 0 Å². The van der Waals surface area contributed by atoms with E-state index in [4.69, 9.17) is 10.5 Å². The van der Waals surface area contributed by atoms with Crippen LogP contribution in [-0.2, 0) is 16.1 Å². The summed E-state index contributed by atoms with van der Waals surface area (Å²) in [7, 11) is 0. The summed E-state index contributed by atoms with van der Waals surface area (Å²) in [6.07, 6.45) is 0.742. The van der Waals surface area contributed by atoms with E-state index in [9.17, 15) is 13.6 Å². The average molecular weight is 314 g/mol. The fourth-order valence-electron chi connectivity index (χ4n) is 2.43. The van der Waals surface area contributed by atoms with Crippen LogP contribution in [0.2, 0.25) is 0 Å². The highest BCUT2D eigenvalue weighted by molar-refractivity contribution is 5.81. The van der Waals surface area contributed by atoms with Crippen LogP contribution in [0, 0.1) is 6.92 Å². The first kappa shape index (κ1) is 16.6. The molecule has 1 saturated heterocycles. The van der Waals surface area contributed by atoms with Crippen LogP contribution in [0.3, 0.4) is 0 Å². The predicted octanol–water partition coefficient (Wildman–Crippen LogP) is 1.72. The van der Waals surface area contributed by atoms with Crippen LogP contribution < -0.4 is 15.8 Å². The second kappa shape index (κ2) is 7.51. The molecule has 0 unspecified atom stereocenters. The monoisotopic (exact) mass is 314 g/mol. The van der Waals surface area contributed by atoms with Crippen molar-refractivity contribution >= 4 is 5.91 Å². The lowest BCUT2D eigenvalue weighted by Gasteiger charge is -2.15. The average Bonchev–Trinajstić information content (AvgIpc) is 2.95. The lowest BCUT2D eigenvalue weighted by atomic mass is 10.1. The Morgan fingerprint density at radius 3 is 2.91 bits per heavy atom. The van der Waals surface area contributed by atoms with Crippen molar-refractivity contribution in [3.63, 3.8) is 0 Å². The van der Waals surface area contributed by atoms with E-state index in [0.29, 0.717) is 18.5 Å². The van der Waals surface area contributed by atoms with Gasteiger partial charge in [0.1, 0.15) is 11.9 Å². The van der Waals surface area contributed by atoms with Gasteiger partial charge in [0.15, 0.2) is 0 Å². The van der Waals surface area contributed by atoms with Crippen molar-refractivity contribution in [2.75, 3.05) is 6.54 Å². The van der Waals surface area contributed by atoms with E-state index in [1.165, 1.54) is 6.07 Å². The van der Waals surface area contributed by atoms with E-state index in [-0.39, 0.29) is 24.3 Å². The molecule has 1 amide bonds. The van der Waals surface area contributed by atoms with Crippen molar-refractivity contribution in [2.24, 2.45) is 5.73 Å². The number of carbonyl (C=O) groups excluding carboxylic acids is 1. The molecule has 0 bridgehead atoms. The van der Waals surface area contributed by atoms with Crippen molar-refractivity contribution in [3.8, 4) is 5.75 Å². The number of halogens is 2.